The van der Waals surface area contributed by atoms with Crippen molar-refractivity contribution in [3.05, 3.63) is 65.5 Å². The molecule has 2 rings (SSSR count). The fraction of sp³-hybridized carbons (Fsp3) is 0.235. The smallest absolute Gasteiger partial charge is 0.310 e. The molecular formula is C17H17FO4S. The van der Waals surface area contributed by atoms with Crippen molar-refractivity contribution in [1.29, 1.82) is 0 Å². The maximum absolute atomic E-state index is 12.9. The predicted molar refractivity (Wildman–Crippen MR) is 84.1 cm³/mol. The molecule has 0 atom stereocenters. The molecule has 0 amide bonds. The van der Waals surface area contributed by atoms with Crippen molar-refractivity contribution in [2.45, 2.75) is 24.0 Å². The van der Waals surface area contributed by atoms with Crippen molar-refractivity contribution in [3.8, 4) is 0 Å². The first kappa shape index (κ1) is 17.1. The maximum Gasteiger partial charge on any atom is 0.310 e. The zero-order valence-electron chi connectivity index (χ0n) is 12.7. The van der Waals surface area contributed by atoms with E-state index in [1.165, 1.54) is 12.1 Å². The van der Waals surface area contributed by atoms with Crippen molar-refractivity contribution >= 4 is 15.8 Å². The van der Waals surface area contributed by atoms with Crippen LogP contribution >= 0.6 is 0 Å². The first-order chi connectivity index (χ1) is 10.9. The second-order valence-corrected chi connectivity index (χ2v) is 7.00. The van der Waals surface area contributed by atoms with Crippen LogP contribution in [0.4, 0.5) is 4.39 Å². The van der Waals surface area contributed by atoms with Gasteiger partial charge in [-0.15, -0.1) is 0 Å². The molecule has 0 N–H and O–H groups in total. The van der Waals surface area contributed by atoms with Gasteiger partial charge in [-0.05, 0) is 42.3 Å². The molecule has 0 bridgehead atoms. The Hall–Kier alpha value is -2.21. The lowest BCUT2D eigenvalue weighted by atomic mass is 10.1. The van der Waals surface area contributed by atoms with Gasteiger partial charge in [0.25, 0.3) is 0 Å². The van der Waals surface area contributed by atoms with Crippen molar-refractivity contribution in [1.82, 2.24) is 0 Å². The average molecular weight is 336 g/mol. The molecule has 2 aromatic carbocycles. The molecule has 0 aliphatic carbocycles. The van der Waals surface area contributed by atoms with Crippen LogP contribution in [0.5, 0.6) is 0 Å². The second kappa shape index (κ2) is 7.37. The third-order valence-corrected chi connectivity index (χ3v) is 4.91. The molecule has 4 nitrogen and oxygen atoms in total. The molecule has 122 valence electrons. The molecule has 0 aliphatic rings. The molecule has 0 unspecified atom stereocenters. The second-order valence-electron chi connectivity index (χ2n) is 5.01. The molecular weight excluding hydrogens is 319 g/mol. The fourth-order valence-corrected chi connectivity index (χ4v) is 3.43. The van der Waals surface area contributed by atoms with Crippen molar-refractivity contribution < 1.29 is 22.3 Å². The van der Waals surface area contributed by atoms with E-state index in [2.05, 4.69) is 0 Å². The van der Waals surface area contributed by atoms with Crippen molar-refractivity contribution in [3.63, 3.8) is 0 Å². The Morgan fingerprint density at radius 2 is 1.57 bits per heavy atom. The highest BCUT2D eigenvalue weighted by Gasteiger charge is 2.15. The lowest BCUT2D eigenvalue weighted by Crippen LogP contribution is -2.08. The van der Waals surface area contributed by atoms with Crippen LogP contribution in [0.3, 0.4) is 0 Å². The van der Waals surface area contributed by atoms with Crippen LogP contribution in [0.25, 0.3) is 0 Å². The summed E-state index contributed by atoms with van der Waals surface area (Å²) >= 11 is 0. The standard InChI is InChI=1S/C17H17FO4S/c1-2-22-17(19)11-13-3-5-14(6-4-13)12-23(20,21)16-9-7-15(18)8-10-16/h3-10H,2,11-12H2,1H3. The summed E-state index contributed by atoms with van der Waals surface area (Å²) in [4.78, 5) is 11.5. The Labute approximate surface area is 134 Å². The summed E-state index contributed by atoms with van der Waals surface area (Å²) in [5, 5.41) is 0. The molecule has 0 radical (unpaired) electrons. The summed E-state index contributed by atoms with van der Waals surface area (Å²) in [6, 6.07) is 11.5. The molecule has 23 heavy (non-hydrogen) atoms. The van der Waals surface area contributed by atoms with Gasteiger partial charge in [-0.25, -0.2) is 12.8 Å². The maximum atomic E-state index is 12.9. The first-order valence-electron chi connectivity index (χ1n) is 7.12. The molecule has 0 heterocycles. The molecule has 0 spiro atoms. The third-order valence-electron chi connectivity index (χ3n) is 3.21. The summed E-state index contributed by atoms with van der Waals surface area (Å²) in [5.41, 5.74) is 1.35. The zero-order valence-corrected chi connectivity index (χ0v) is 13.5. The van der Waals surface area contributed by atoms with E-state index in [0.29, 0.717) is 12.2 Å². The number of carbonyl (C=O) groups excluding carboxylic acids is 1. The van der Waals surface area contributed by atoms with Gasteiger partial charge in [0.05, 0.1) is 23.7 Å². The van der Waals surface area contributed by atoms with Gasteiger partial charge < -0.3 is 4.74 Å². The highest BCUT2D eigenvalue weighted by atomic mass is 32.2. The molecule has 0 fully saturated rings. The quantitative estimate of drug-likeness (QED) is 0.601. The molecule has 0 saturated carbocycles. The van der Waals surface area contributed by atoms with Gasteiger partial charge in [0.15, 0.2) is 9.84 Å². The number of esters is 1. The first-order valence-corrected chi connectivity index (χ1v) is 8.77. The Bertz CT molecular complexity index is 765. The Balaban J connectivity index is 2.08. The average Bonchev–Trinajstić information content (AvgIpc) is 2.50. The molecule has 6 heteroatoms. The van der Waals surface area contributed by atoms with Gasteiger partial charge in [0, 0.05) is 0 Å². The van der Waals surface area contributed by atoms with Gasteiger partial charge >= 0.3 is 5.97 Å². The van der Waals surface area contributed by atoms with E-state index in [1.807, 2.05) is 0 Å². The van der Waals surface area contributed by atoms with Crippen LogP contribution in [0.2, 0.25) is 0 Å². The van der Waals surface area contributed by atoms with Crippen LogP contribution in [0, 0.1) is 5.82 Å². The van der Waals surface area contributed by atoms with Gasteiger partial charge in [-0.1, -0.05) is 24.3 Å². The monoisotopic (exact) mass is 336 g/mol. The fourth-order valence-electron chi connectivity index (χ4n) is 2.08. The predicted octanol–water partition coefficient (Wildman–Crippen LogP) is 2.91. The number of benzene rings is 2. The van der Waals surface area contributed by atoms with Crippen LogP contribution in [0.15, 0.2) is 53.4 Å². The van der Waals surface area contributed by atoms with E-state index in [-0.39, 0.29) is 23.0 Å². The normalized spacial score (nSPS) is 11.2. The molecule has 2 aromatic rings. The lowest BCUT2D eigenvalue weighted by molar-refractivity contribution is -0.142. The number of sulfone groups is 1. The van der Waals surface area contributed by atoms with E-state index in [4.69, 9.17) is 4.74 Å². The highest BCUT2D eigenvalue weighted by Crippen LogP contribution is 2.17. The minimum Gasteiger partial charge on any atom is -0.466 e. The highest BCUT2D eigenvalue weighted by molar-refractivity contribution is 7.90. The van der Waals surface area contributed by atoms with E-state index in [9.17, 15) is 17.6 Å². The molecule has 0 saturated heterocycles. The van der Waals surface area contributed by atoms with Gasteiger partial charge in [0.1, 0.15) is 5.82 Å². The summed E-state index contributed by atoms with van der Waals surface area (Å²) in [6.45, 7) is 2.06. The Kier molecular flexibility index (Phi) is 5.50. The third kappa shape index (κ3) is 4.89. The number of rotatable bonds is 6. The minimum atomic E-state index is -3.53. The van der Waals surface area contributed by atoms with E-state index in [0.717, 1.165) is 17.7 Å². The Morgan fingerprint density at radius 3 is 2.13 bits per heavy atom. The van der Waals surface area contributed by atoms with E-state index < -0.39 is 15.7 Å². The number of ether oxygens (including phenoxy) is 1. The molecule has 0 aromatic heterocycles. The SMILES string of the molecule is CCOC(=O)Cc1ccc(CS(=O)(=O)c2ccc(F)cc2)cc1. The number of hydrogen-bond donors (Lipinski definition) is 0. The van der Waals surface area contributed by atoms with Gasteiger partial charge in [-0.2, -0.15) is 0 Å². The number of halogens is 1. The summed E-state index contributed by atoms with van der Waals surface area (Å²) in [6.07, 6.45) is 0.152. The van der Waals surface area contributed by atoms with Crippen LogP contribution in [0.1, 0.15) is 18.1 Å². The van der Waals surface area contributed by atoms with Crippen molar-refractivity contribution in [2.75, 3.05) is 6.61 Å². The van der Waals surface area contributed by atoms with Crippen LogP contribution in [-0.4, -0.2) is 21.0 Å². The lowest BCUT2D eigenvalue weighted by Gasteiger charge is -2.06. The Morgan fingerprint density at radius 1 is 1.00 bits per heavy atom. The van der Waals surface area contributed by atoms with Crippen LogP contribution in [-0.2, 0) is 31.5 Å². The van der Waals surface area contributed by atoms with Crippen molar-refractivity contribution in [2.24, 2.45) is 0 Å². The minimum absolute atomic E-state index is 0.0782. The van der Waals surface area contributed by atoms with E-state index in [1.54, 1.807) is 31.2 Å². The summed E-state index contributed by atoms with van der Waals surface area (Å²) in [7, 11) is -3.53. The van der Waals surface area contributed by atoms with Gasteiger partial charge in [0.2, 0.25) is 0 Å². The van der Waals surface area contributed by atoms with Gasteiger partial charge in [-0.3, -0.25) is 4.79 Å². The zero-order chi connectivity index (χ0) is 16.9. The number of carbonyl (C=O) groups is 1. The van der Waals surface area contributed by atoms with Crippen LogP contribution < -0.4 is 0 Å². The summed E-state index contributed by atoms with van der Waals surface area (Å²) < 4.78 is 42.3. The largest absolute Gasteiger partial charge is 0.466 e. The summed E-state index contributed by atoms with van der Waals surface area (Å²) in [5.74, 6) is -0.982. The molecule has 0 aliphatic heterocycles. The topological polar surface area (TPSA) is 60.4 Å². The van der Waals surface area contributed by atoms with E-state index >= 15 is 0 Å². The number of hydrogen-bond acceptors (Lipinski definition) is 4.